The second-order valence-corrected chi connectivity index (χ2v) is 4.83. The van der Waals surface area contributed by atoms with E-state index in [1.165, 1.54) is 5.56 Å². The van der Waals surface area contributed by atoms with Crippen molar-refractivity contribution >= 4 is 11.5 Å². The Hall–Kier alpha value is -1.35. The zero-order valence-corrected chi connectivity index (χ0v) is 11.2. The summed E-state index contributed by atoms with van der Waals surface area (Å²) in [7, 11) is 0. The van der Waals surface area contributed by atoms with Crippen molar-refractivity contribution in [1.29, 1.82) is 0 Å². The predicted octanol–water partition coefficient (Wildman–Crippen LogP) is 2.43. The second-order valence-electron chi connectivity index (χ2n) is 4.83. The van der Waals surface area contributed by atoms with E-state index in [1.807, 2.05) is 12.1 Å². The number of aryl methyl sites for hydroxylation is 1. The van der Waals surface area contributed by atoms with Crippen molar-refractivity contribution in [3.8, 4) is 0 Å². The van der Waals surface area contributed by atoms with Crippen LogP contribution in [0.25, 0.3) is 0 Å². The maximum Gasteiger partial charge on any atom is 0.157 e. The van der Waals surface area contributed by atoms with Gasteiger partial charge in [0.1, 0.15) is 0 Å². The van der Waals surface area contributed by atoms with Gasteiger partial charge in [0.2, 0.25) is 0 Å². The van der Waals surface area contributed by atoms with Gasteiger partial charge in [0.15, 0.2) is 5.78 Å². The molecule has 1 saturated heterocycles. The predicted molar refractivity (Wildman–Crippen MR) is 73.0 cm³/mol. The summed E-state index contributed by atoms with van der Waals surface area (Å²) in [5, 5.41) is 0. The molecular formula is C15H21NO2. The van der Waals surface area contributed by atoms with Crippen molar-refractivity contribution < 1.29 is 9.53 Å². The zero-order chi connectivity index (χ0) is 13.0. The smallest absolute Gasteiger partial charge is 0.157 e. The molecule has 1 aromatic rings. The van der Waals surface area contributed by atoms with Gasteiger partial charge in [-0.1, -0.05) is 18.2 Å². The van der Waals surface area contributed by atoms with Crippen LogP contribution in [0.15, 0.2) is 24.3 Å². The van der Waals surface area contributed by atoms with Crippen molar-refractivity contribution in [2.24, 2.45) is 5.92 Å². The van der Waals surface area contributed by atoms with Crippen LogP contribution < -0.4 is 4.90 Å². The molecule has 0 bridgehead atoms. The van der Waals surface area contributed by atoms with Crippen LogP contribution in [-0.2, 0) is 9.53 Å². The van der Waals surface area contributed by atoms with Crippen LogP contribution >= 0.6 is 0 Å². The van der Waals surface area contributed by atoms with E-state index in [-0.39, 0.29) is 5.92 Å². The third-order valence-corrected chi connectivity index (χ3v) is 3.57. The maximum absolute atomic E-state index is 12.2. The van der Waals surface area contributed by atoms with Crippen LogP contribution in [0.3, 0.4) is 0 Å². The van der Waals surface area contributed by atoms with E-state index in [0.29, 0.717) is 18.9 Å². The molecule has 0 amide bonds. The molecule has 18 heavy (non-hydrogen) atoms. The number of hydrogen-bond donors (Lipinski definition) is 0. The molecule has 2 rings (SSSR count). The number of anilines is 1. The lowest BCUT2D eigenvalue weighted by Crippen LogP contribution is -2.33. The highest BCUT2D eigenvalue weighted by Crippen LogP contribution is 2.21. The summed E-state index contributed by atoms with van der Waals surface area (Å²) in [6, 6.07) is 8.21. The van der Waals surface area contributed by atoms with Crippen LogP contribution in [0.4, 0.5) is 5.69 Å². The Morgan fingerprint density at radius 1 is 1.44 bits per heavy atom. The standard InChI is InChI=1S/C15H21NO2/c1-3-16(14-7-5-4-6-12(14)2)10-15(17)13-8-9-18-11-13/h4-7,13H,3,8-11H2,1-2H3. The molecule has 1 heterocycles. The molecule has 3 nitrogen and oxygen atoms in total. The Morgan fingerprint density at radius 2 is 2.22 bits per heavy atom. The highest BCUT2D eigenvalue weighted by Gasteiger charge is 2.25. The number of ether oxygens (including phenoxy) is 1. The first kappa shape index (κ1) is 13.1. The maximum atomic E-state index is 12.2. The van der Waals surface area contributed by atoms with Gasteiger partial charge in [-0.2, -0.15) is 0 Å². The third kappa shape index (κ3) is 2.91. The average Bonchev–Trinajstić information content (AvgIpc) is 2.90. The van der Waals surface area contributed by atoms with Crippen molar-refractivity contribution in [2.75, 3.05) is 31.2 Å². The molecule has 0 aliphatic carbocycles. The minimum Gasteiger partial charge on any atom is -0.381 e. The van der Waals surface area contributed by atoms with Crippen molar-refractivity contribution in [1.82, 2.24) is 0 Å². The average molecular weight is 247 g/mol. The van der Waals surface area contributed by atoms with Crippen LogP contribution in [0.5, 0.6) is 0 Å². The highest BCUT2D eigenvalue weighted by molar-refractivity contribution is 5.86. The first-order valence-electron chi connectivity index (χ1n) is 6.63. The van der Waals surface area contributed by atoms with Gasteiger partial charge >= 0.3 is 0 Å². The Balaban J connectivity index is 2.05. The molecule has 1 aromatic carbocycles. The van der Waals surface area contributed by atoms with E-state index in [2.05, 4.69) is 30.9 Å². The highest BCUT2D eigenvalue weighted by atomic mass is 16.5. The number of rotatable bonds is 5. The summed E-state index contributed by atoms with van der Waals surface area (Å²) in [4.78, 5) is 14.3. The topological polar surface area (TPSA) is 29.5 Å². The molecule has 1 fully saturated rings. The molecule has 1 unspecified atom stereocenters. The van der Waals surface area contributed by atoms with E-state index in [4.69, 9.17) is 4.74 Å². The number of Topliss-reactive ketones (excluding diaryl/α,β-unsaturated/α-hetero) is 1. The lowest BCUT2D eigenvalue weighted by molar-refractivity contribution is -0.121. The third-order valence-electron chi connectivity index (χ3n) is 3.57. The molecule has 3 heteroatoms. The van der Waals surface area contributed by atoms with E-state index < -0.39 is 0 Å². The molecule has 1 aliphatic rings. The van der Waals surface area contributed by atoms with Gasteiger partial charge in [-0.05, 0) is 31.9 Å². The van der Waals surface area contributed by atoms with Crippen LogP contribution in [0.1, 0.15) is 18.9 Å². The lowest BCUT2D eigenvalue weighted by Gasteiger charge is -2.25. The molecule has 98 valence electrons. The number of nitrogens with zero attached hydrogens (tertiary/aromatic N) is 1. The Bertz CT molecular complexity index is 411. The summed E-state index contributed by atoms with van der Waals surface area (Å²) >= 11 is 0. The molecule has 0 radical (unpaired) electrons. The van der Waals surface area contributed by atoms with Gasteiger partial charge in [-0.15, -0.1) is 0 Å². The van der Waals surface area contributed by atoms with Gasteiger partial charge in [-0.25, -0.2) is 0 Å². The summed E-state index contributed by atoms with van der Waals surface area (Å²) in [5.41, 5.74) is 2.38. The lowest BCUT2D eigenvalue weighted by atomic mass is 10.0. The Morgan fingerprint density at radius 3 is 2.83 bits per heavy atom. The van der Waals surface area contributed by atoms with E-state index in [9.17, 15) is 4.79 Å². The fraction of sp³-hybridized carbons (Fsp3) is 0.533. The fourth-order valence-electron chi connectivity index (χ4n) is 2.39. The number of benzene rings is 1. The molecule has 1 aliphatic heterocycles. The second kappa shape index (κ2) is 6.01. The normalized spacial score (nSPS) is 18.9. The number of para-hydroxylation sites is 1. The number of likely N-dealkylation sites (N-methyl/N-ethyl adjacent to an activating group) is 1. The summed E-state index contributed by atoms with van der Waals surface area (Å²) in [6.07, 6.45) is 0.879. The van der Waals surface area contributed by atoms with Crippen molar-refractivity contribution in [3.63, 3.8) is 0 Å². The summed E-state index contributed by atoms with van der Waals surface area (Å²) in [6.45, 7) is 6.85. The molecule has 0 spiro atoms. The minimum atomic E-state index is 0.100. The first-order valence-corrected chi connectivity index (χ1v) is 6.63. The summed E-state index contributed by atoms with van der Waals surface area (Å²) < 4.78 is 5.28. The van der Waals surface area contributed by atoms with Gasteiger partial charge in [0.05, 0.1) is 13.2 Å². The molecule has 0 saturated carbocycles. The monoisotopic (exact) mass is 247 g/mol. The number of hydrogen-bond acceptors (Lipinski definition) is 3. The quantitative estimate of drug-likeness (QED) is 0.800. The van der Waals surface area contributed by atoms with Crippen LogP contribution in [0, 0.1) is 12.8 Å². The molecular weight excluding hydrogens is 226 g/mol. The Labute approximate surface area is 109 Å². The van der Waals surface area contributed by atoms with Gasteiger partial charge in [0, 0.05) is 24.8 Å². The number of ketones is 1. The largest absolute Gasteiger partial charge is 0.381 e. The number of carbonyl (C=O) groups excluding carboxylic acids is 1. The zero-order valence-electron chi connectivity index (χ0n) is 11.2. The molecule has 1 atom stereocenters. The van der Waals surface area contributed by atoms with Gasteiger partial charge in [-0.3, -0.25) is 4.79 Å². The van der Waals surface area contributed by atoms with E-state index in [1.54, 1.807) is 0 Å². The van der Waals surface area contributed by atoms with Crippen LogP contribution in [-0.4, -0.2) is 32.1 Å². The Kier molecular flexibility index (Phi) is 4.37. The van der Waals surface area contributed by atoms with E-state index >= 15 is 0 Å². The SMILES string of the molecule is CCN(CC(=O)C1CCOC1)c1ccccc1C. The van der Waals surface area contributed by atoms with Crippen molar-refractivity contribution in [2.45, 2.75) is 20.3 Å². The molecule has 0 aromatic heterocycles. The molecule has 0 N–H and O–H groups in total. The summed E-state index contributed by atoms with van der Waals surface area (Å²) in [5.74, 6) is 0.403. The number of carbonyl (C=O) groups is 1. The minimum absolute atomic E-state index is 0.100. The first-order chi connectivity index (χ1) is 8.72. The van der Waals surface area contributed by atoms with Crippen molar-refractivity contribution in [3.05, 3.63) is 29.8 Å². The van der Waals surface area contributed by atoms with Crippen LogP contribution in [0.2, 0.25) is 0 Å². The van der Waals surface area contributed by atoms with Gasteiger partial charge < -0.3 is 9.64 Å². The van der Waals surface area contributed by atoms with E-state index in [0.717, 1.165) is 25.3 Å². The van der Waals surface area contributed by atoms with Gasteiger partial charge in [0.25, 0.3) is 0 Å². The fourth-order valence-corrected chi connectivity index (χ4v) is 2.39.